The van der Waals surface area contributed by atoms with Crippen LogP contribution in [0.25, 0.3) is 10.9 Å². The van der Waals surface area contributed by atoms with E-state index in [4.69, 9.17) is 0 Å². The van der Waals surface area contributed by atoms with Crippen LogP contribution >= 0.6 is 0 Å². The molecule has 1 aromatic heterocycles. The maximum Gasteiger partial charge on any atom is 0.586 e. The van der Waals surface area contributed by atoms with E-state index in [0.717, 1.165) is 6.07 Å². The molecule has 0 spiro atoms. The van der Waals surface area contributed by atoms with Crippen molar-refractivity contribution in [3.63, 3.8) is 0 Å². The number of carbonyl (C=O) groups is 1. The molecule has 0 radical (unpaired) electrons. The number of rotatable bonds is 11. The number of anilines is 1. The number of aliphatic hydroxyl groups excluding tert-OH is 5. The van der Waals surface area contributed by atoms with Gasteiger partial charge in [0.1, 0.15) is 5.82 Å². The van der Waals surface area contributed by atoms with E-state index in [1.165, 1.54) is 24.3 Å². The van der Waals surface area contributed by atoms with E-state index in [1.807, 2.05) is 0 Å². The second kappa shape index (κ2) is 10.7. The molecule has 5 rings (SSSR count). The summed E-state index contributed by atoms with van der Waals surface area (Å²) in [5, 5.41) is 52.9. The van der Waals surface area contributed by atoms with Gasteiger partial charge in [-0.25, -0.2) is 4.39 Å². The van der Waals surface area contributed by atoms with Gasteiger partial charge in [-0.15, -0.1) is 8.78 Å². The highest BCUT2D eigenvalue weighted by Crippen LogP contribution is 2.52. The number of alkyl halides is 2. The number of nitrogens with zero attached hydrogens (tertiary/aromatic N) is 1. The number of fused-ring (bicyclic) bond motifs is 2. The van der Waals surface area contributed by atoms with Crippen LogP contribution in [0.2, 0.25) is 0 Å². The molecule has 2 aromatic carbocycles. The first-order chi connectivity index (χ1) is 19.7. The number of hydrogen-bond donors (Lipinski definition) is 6. The van der Waals surface area contributed by atoms with Crippen LogP contribution in [-0.4, -0.2) is 74.3 Å². The molecule has 0 unspecified atom stereocenters. The Labute approximate surface area is 238 Å². The van der Waals surface area contributed by atoms with E-state index >= 15 is 4.39 Å². The molecule has 1 fully saturated rings. The SMILES string of the molecule is CC(C)(CO)c1c(C[C@@H](O)CO)c2cc(NC(=O)C3(c4ccc5c(c4)OC(F)(F)O5)CC3)c(F)cc2n1C[C@@H](O)CO. The standard InChI is InChI=1S/C29H33F3N2O8/c1-27(2,14-37)25-19(8-16(38)12-35)18-9-21(20(30)10-22(18)34(25)11-17(39)13-36)33-26(40)28(5-6-28)15-3-4-23-24(7-15)42-29(31,32)41-23/h3-4,7,9-10,16-17,35-39H,5-6,8,11-14H2,1-2H3,(H,33,40)/t16-,17-/m1/s1. The van der Waals surface area contributed by atoms with Gasteiger partial charge in [0, 0.05) is 29.0 Å². The van der Waals surface area contributed by atoms with Crippen molar-refractivity contribution in [1.82, 2.24) is 4.57 Å². The molecule has 42 heavy (non-hydrogen) atoms. The van der Waals surface area contributed by atoms with Crippen molar-refractivity contribution in [3.8, 4) is 11.5 Å². The summed E-state index contributed by atoms with van der Waals surface area (Å²) in [6, 6.07) is 6.63. The Morgan fingerprint density at radius 1 is 1.05 bits per heavy atom. The molecular weight excluding hydrogens is 561 g/mol. The summed E-state index contributed by atoms with van der Waals surface area (Å²) < 4.78 is 53.1. The van der Waals surface area contributed by atoms with Crippen molar-refractivity contribution in [2.45, 2.75) is 69.0 Å². The van der Waals surface area contributed by atoms with Crippen molar-refractivity contribution in [2.75, 3.05) is 25.1 Å². The largest absolute Gasteiger partial charge is 0.586 e. The number of ether oxygens (including phenoxy) is 2. The van der Waals surface area contributed by atoms with E-state index in [1.54, 1.807) is 18.4 Å². The Kier molecular flexibility index (Phi) is 7.69. The minimum absolute atomic E-state index is 0.0846. The summed E-state index contributed by atoms with van der Waals surface area (Å²) in [5.41, 5.74) is -0.625. The lowest BCUT2D eigenvalue weighted by Crippen LogP contribution is -2.31. The average molecular weight is 595 g/mol. The smallest absolute Gasteiger partial charge is 0.395 e. The highest BCUT2D eigenvalue weighted by molar-refractivity contribution is 6.03. The highest BCUT2D eigenvalue weighted by Gasteiger charge is 2.53. The number of halogens is 3. The zero-order chi connectivity index (χ0) is 30.6. The molecule has 3 aromatic rings. The van der Waals surface area contributed by atoms with E-state index in [-0.39, 0.29) is 42.3 Å². The zero-order valence-electron chi connectivity index (χ0n) is 23.0. The van der Waals surface area contributed by atoms with Crippen molar-refractivity contribution in [2.24, 2.45) is 0 Å². The number of aromatic nitrogens is 1. The summed E-state index contributed by atoms with van der Waals surface area (Å²) in [6.07, 6.45) is -5.54. The zero-order valence-corrected chi connectivity index (χ0v) is 23.0. The molecule has 0 bridgehead atoms. The topological polar surface area (TPSA) is 154 Å². The minimum atomic E-state index is -3.81. The van der Waals surface area contributed by atoms with Crippen LogP contribution in [0.4, 0.5) is 18.9 Å². The molecule has 2 aliphatic rings. The Balaban J connectivity index is 1.56. The molecule has 6 N–H and O–H groups in total. The van der Waals surface area contributed by atoms with Crippen LogP contribution in [0.1, 0.15) is 43.5 Å². The predicted molar refractivity (Wildman–Crippen MR) is 144 cm³/mol. The van der Waals surface area contributed by atoms with Crippen molar-refractivity contribution in [1.29, 1.82) is 0 Å². The lowest BCUT2D eigenvalue weighted by molar-refractivity contribution is -0.286. The maximum absolute atomic E-state index is 15.6. The van der Waals surface area contributed by atoms with Gasteiger partial charge in [-0.3, -0.25) is 4.79 Å². The second-order valence-corrected chi connectivity index (χ2v) is 11.6. The van der Waals surface area contributed by atoms with Gasteiger partial charge in [0.25, 0.3) is 0 Å². The first kappa shape index (κ1) is 30.1. The van der Waals surface area contributed by atoms with Crippen LogP contribution in [0, 0.1) is 5.82 Å². The van der Waals surface area contributed by atoms with Crippen LogP contribution < -0.4 is 14.8 Å². The number of amides is 1. The predicted octanol–water partition coefficient (Wildman–Crippen LogP) is 2.29. The van der Waals surface area contributed by atoms with Gasteiger partial charge in [0.2, 0.25) is 5.91 Å². The fourth-order valence-electron chi connectivity index (χ4n) is 5.61. The molecule has 0 saturated heterocycles. The maximum atomic E-state index is 15.6. The van der Waals surface area contributed by atoms with E-state index in [2.05, 4.69) is 14.8 Å². The average Bonchev–Trinajstić information content (AvgIpc) is 3.62. The van der Waals surface area contributed by atoms with Crippen molar-refractivity contribution < 1.29 is 53.0 Å². The fourth-order valence-corrected chi connectivity index (χ4v) is 5.61. The van der Waals surface area contributed by atoms with Gasteiger partial charge in [-0.1, -0.05) is 19.9 Å². The third-order valence-corrected chi connectivity index (χ3v) is 7.93. The fraction of sp³-hybridized carbons (Fsp3) is 0.483. The first-order valence-electron chi connectivity index (χ1n) is 13.5. The molecule has 1 aliphatic heterocycles. The molecule has 13 heteroatoms. The van der Waals surface area contributed by atoms with Gasteiger partial charge in [0.05, 0.1) is 55.2 Å². The second-order valence-electron chi connectivity index (χ2n) is 11.6. The summed E-state index contributed by atoms with van der Waals surface area (Å²) in [6.45, 7) is 1.78. The number of aliphatic hydroxyl groups is 5. The normalized spacial score (nSPS) is 18.2. The Hall–Kier alpha value is -3.36. The molecule has 2 heterocycles. The molecule has 228 valence electrons. The first-order valence-corrected chi connectivity index (χ1v) is 13.5. The van der Waals surface area contributed by atoms with E-state index < -0.39 is 54.3 Å². The molecule has 1 aliphatic carbocycles. The monoisotopic (exact) mass is 594 g/mol. The quantitative estimate of drug-likeness (QED) is 0.198. The third kappa shape index (κ3) is 5.31. The van der Waals surface area contributed by atoms with Crippen LogP contribution in [0.5, 0.6) is 11.5 Å². The highest BCUT2D eigenvalue weighted by atomic mass is 19.3. The van der Waals surface area contributed by atoms with Gasteiger partial charge in [-0.2, -0.15) is 0 Å². The molecule has 1 saturated carbocycles. The summed E-state index contributed by atoms with van der Waals surface area (Å²) >= 11 is 0. The van der Waals surface area contributed by atoms with E-state index in [9.17, 15) is 39.1 Å². The molecule has 2 atom stereocenters. The third-order valence-electron chi connectivity index (χ3n) is 7.93. The van der Waals surface area contributed by atoms with Crippen LogP contribution in [0.15, 0.2) is 30.3 Å². The number of hydrogen-bond acceptors (Lipinski definition) is 8. The van der Waals surface area contributed by atoms with Gasteiger partial charge in [0.15, 0.2) is 11.5 Å². The molecule has 10 nitrogen and oxygen atoms in total. The van der Waals surface area contributed by atoms with Gasteiger partial charge >= 0.3 is 6.29 Å². The van der Waals surface area contributed by atoms with Gasteiger partial charge in [-0.05, 0) is 42.2 Å². The minimum Gasteiger partial charge on any atom is -0.395 e. The van der Waals surface area contributed by atoms with E-state index in [0.29, 0.717) is 35.0 Å². The number of benzene rings is 2. The van der Waals surface area contributed by atoms with Crippen LogP contribution in [0.3, 0.4) is 0 Å². The number of nitrogens with one attached hydrogen (secondary N) is 1. The summed E-state index contributed by atoms with van der Waals surface area (Å²) in [5.74, 6) is -1.74. The Bertz CT molecular complexity index is 1520. The summed E-state index contributed by atoms with van der Waals surface area (Å²) in [7, 11) is 0. The van der Waals surface area contributed by atoms with Gasteiger partial charge < -0.3 is 44.9 Å². The van der Waals surface area contributed by atoms with Crippen molar-refractivity contribution in [3.05, 3.63) is 53.0 Å². The van der Waals surface area contributed by atoms with Crippen LogP contribution in [-0.2, 0) is 28.6 Å². The Morgan fingerprint density at radius 3 is 2.33 bits per heavy atom. The van der Waals surface area contributed by atoms with Crippen molar-refractivity contribution >= 4 is 22.5 Å². The Morgan fingerprint density at radius 2 is 1.71 bits per heavy atom. The number of carbonyl (C=O) groups excluding carboxylic acids is 1. The summed E-state index contributed by atoms with van der Waals surface area (Å²) in [4.78, 5) is 13.5. The lowest BCUT2D eigenvalue weighted by Gasteiger charge is -2.28. The molecular formula is C29H33F3N2O8. The lowest BCUT2D eigenvalue weighted by atomic mass is 9.85. The molecule has 1 amide bonds.